The third kappa shape index (κ3) is 9.66. The van der Waals surface area contributed by atoms with E-state index in [0.717, 1.165) is 31.3 Å². The lowest BCUT2D eigenvalue weighted by Gasteiger charge is -2.24. The molecule has 0 spiro atoms. The van der Waals surface area contributed by atoms with Crippen molar-refractivity contribution in [3.8, 4) is 11.8 Å². The zero-order valence-electron chi connectivity index (χ0n) is 23.8. The van der Waals surface area contributed by atoms with E-state index in [2.05, 4.69) is 74.3 Å². The second kappa shape index (κ2) is 15.8. The first kappa shape index (κ1) is 30.0. The number of rotatable bonds is 13. The van der Waals surface area contributed by atoms with E-state index in [0.29, 0.717) is 6.61 Å². The summed E-state index contributed by atoms with van der Waals surface area (Å²) in [4.78, 5) is 12.4. The monoisotopic (exact) mass is 507 g/mol. The van der Waals surface area contributed by atoms with Crippen LogP contribution in [0.3, 0.4) is 0 Å². The second-order valence-electron chi connectivity index (χ2n) is 10.9. The number of carbonyl (C=O) groups excluding carboxylic acids is 1. The predicted octanol–water partition coefficient (Wildman–Crippen LogP) is 8.40. The number of hydrogen-bond donors (Lipinski definition) is 0. The average Bonchev–Trinajstić information content (AvgIpc) is 3.27. The van der Waals surface area contributed by atoms with Gasteiger partial charge in [-0.25, -0.2) is 4.79 Å². The fourth-order valence-electron chi connectivity index (χ4n) is 4.73. The summed E-state index contributed by atoms with van der Waals surface area (Å²) >= 11 is 0. The Morgan fingerprint density at radius 2 is 1.75 bits per heavy atom. The zero-order chi connectivity index (χ0) is 26.4. The summed E-state index contributed by atoms with van der Waals surface area (Å²) in [5, 5.41) is 1.41. The molecule has 0 N–H and O–H groups in total. The molecule has 36 heavy (non-hydrogen) atoms. The third-order valence-corrected chi connectivity index (χ3v) is 8.65. The number of carbonyl (C=O) groups is 1. The summed E-state index contributed by atoms with van der Waals surface area (Å²) in [5.74, 6) is 6.88. The Bertz CT molecular complexity index is 991. The van der Waals surface area contributed by atoms with Crippen LogP contribution in [0.25, 0.3) is 5.70 Å². The fraction of sp³-hybridized carbons (Fsp3) is 0.594. The molecular formula is C32H49NO2Si. The summed E-state index contributed by atoms with van der Waals surface area (Å²) in [6.45, 7) is 13.9. The van der Waals surface area contributed by atoms with Crippen LogP contribution in [0.4, 0.5) is 0 Å². The van der Waals surface area contributed by atoms with Crippen molar-refractivity contribution in [2.24, 2.45) is 0 Å². The summed E-state index contributed by atoms with van der Waals surface area (Å²) in [6.07, 6.45) is 19.7. The van der Waals surface area contributed by atoms with Gasteiger partial charge in [-0.1, -0.05) is 83.9 Å². The Balaban J connectivity index is 2.56. The molecule has 1 aromatic heterocycles. The van der Waals surface area contributed by atoms with Gasteiger partial charge < -0.3 is 9.30 Å². The molecule has 0 aliphatic heterocycles. The number of ether oxygens (including phenoxy) is 1. The highest BCUT2D eigenvalue weighted by Crippen LogP contribution is 2.34. The van der Waals surface area contributed by atoms with Crippen molar-refractivity contribution in [1.82, 2.24) is 4.57 Å². The molecule has 0 saturated heterocycles. The van der Waals surface area contributed by atoms with Crippen LogP contribution in [0.1, 0.15) is 97.8 Å². The van der Waals surface area contributed by atoms with E-state index in [4.69, 9.17) is 4.74 Å². The number of aromatic nitrogens is 1. The van der Waals surface area contributed by atoms with Gasteiger partial charge >= 0.3 is 5.97 Å². The Kier molecular flexibility index (Phi) is 13.1. The molecule has 198 valence electrons. The van der Waals surface area contributed by atoms with Crippen molar-refractivity contribution in [2.45, 2.75) is 117 Å². The van der Waals surface area contributed by atoms with E-state index in [9.17, 15) is 4.79 Å². The molecule has 3 nitrogen and oxygen atoms in total. The van der Waals surface area contributed by atoms with Crippen molar-refractivity contribution in [2.75, 3.05) is 6.61 Å². The van der Waals surface area contributed by atoms with Gasteiger partial charge in [0, 0.05) is 35.3 Å². The zero-order valence-corrected chi connectivity index (χ0v) is 24.8. The van der Waals surface area contributed by atoms with Crippen LogP contribution in [0.5, 0.6) is 0 Å². The molecule has 0 radical (unpaired) electrons. The van der Waals surface area contributed by atoms with E-state index < -0.39 is 8.07 Å². The van der Waals surface area contributed by atoms with Gasteiger partial charge in [-0.2, -0.15) is 0 Å². The quantitative estimate of drug-likeness (QED) is 0.0882. The molecule has 0 aromatic carbocycles. The highest BCUT2D eigenvalue weighted by atomic mass is 28.3. The normalized spacial score (nSPS) is 15.4. The lowest BCUT2D eigenvalue weighted by Crippen LogP contribution is -2.42. The van der Waals surface area contributed by atoms with Crippen molar-refractivity contribution in [3.63, 3.8) is 0 Å². The van der Waals surface area contributed by atoms with Gasteiger partial charge in [-0.05, 0) is 68.4 Å². The van der Waals surface area contributed by atoms with Gasteiger partial charge in [-0.15, -0.1) is 0 Å². The topological polar surface area (TPSA) is 31.2 Å². The first-order chi connectivity index (χ1) is 17.3. The summed E-state index contributed by atoms with van der Waals surface area (Å²) in [6, 6.07) is 4.45. The molecule has 1 aliphatic rings. The SMILES string of the molecule is CCCCCCC#CC1=C(CCCCCC)C(n2cccc2[Si](C)(C)C)=C/C(=C/C(=O)OCC)CC1. The minimum Gasteiger partial charge on any atom is -0.463 e. The number of unbranched alkanes of at least 4 members (excludes halogenated alkanes) is 7. The van der Waals surface area contributed by atoms with Gasteiger partial charge in [0.2, 0.25) is 0 Å². The van der Waals surface area contributed by atoms with Crippen LogP contribution in [-0.2, 0) is 9.53 Å². The summed E-state index contributed by atoms with van der Waals surface area (Å²) in [5.41, 5.74) is 4.87. The minimum absolute atomic E-state index is 0.254. The van der Waals surface area contributed by atoms with Crippen LogP contribution < -0.4 is 5.32 Å². The molecule has 0 saturated carbocycles. The summed E-state index contributed by atoms with van der Waals surface area (Å²) < 4.78 is 7.66. The number of allylic oxidation sites excluding steroid dienone is 5. The largest absolute Gasteiger partial charge is 0.463 e. The molecule has 4 heteroatoms. The Hall–Kier alpha value is -2.25. The van der Waals surface area contributed by atoms with Gasteiger partial charge in [0.05, 0.1) is 14.7 Å². The van der Waals surface area contributed by atoms with Crippen molar-refractivity contribution in [1.29, 1.82) is 0 Å². The fourth-order valence-corrected chi connectivity index (χ4v) is 6.24. The molecule has 1 heterocycles. The number of hydrogen-bond acceptors (Lipinski definition) is 2. The first-order valence-electron chi connectivity index (χ1n) is 14.3. The van der Waals surface area contributed by atoms with Crippen LogP contribution in [0.2, 0.25) is 19.6 Å². The van der Waals surface area contributed by atoms with Crippen molar-refractivity contribution >= 4 is 25.1 Å². The molecule has 2 rings (SSSR count). The van der Waals surface area contributed by atoms with E-state index >= 15 is 0 Å². The highest BCUT2D eigenvalue weighted by molar-refractivity contribution is 6.88. The molecule has 1 aromatic rings. The Labute approximate surface area is 222 Å². The molecule has 0 unspecified atom stereocenters. The van der Waals surface area contributed by atoms with Gasteiger partial charge in [0.1, 0.15) is 0 Å². The van der Waals surface area contributed by atoms with Crippen LogP contribution in [-0.4, -0.2) is 25.2 Å². The third-order valence-electron chi connectivity index (χ3n) is 6.70. The van der Waals surface area contributed by atoms with Gasteiger partial charge in [0.25, 0.3) is 0 Å². The molecule has 0 bridgehead atoms. The lowest BCUT2D eigenvalue weighted by molar-refractivity contribution is -0.137. The Morgan fingerprint density at radius 1 is 1.03 bits per heavy atom. The van der Waals surface area contributed by atoms with E-state index in [1.165, 1.54) is 73.5 Å². The van der Waals surface area contributed by atoms with E-state index in [-0.39, 0.29) is 5.97 Å². The molecular weight excluding hydrogens is 458 g/mol. The lowest BCUT2D eigenvalue weighted by atomic mass is 9.97. The first-order valence-corrected chi connectivity index (χ1v) is 17.8. The average molecular weight is 508 g/mol. The van der Waals surface area contributed by atoms with Crippen molar-refractivity contribution in [3.05, 3.63) is 47.2 Å². The smallest absolute Gasteiger partial charge is 0.331 e. The maximum absolute atomic E-state index is 12.4. The second-order valence-corrected chi connectivity index (χ2v) is 15.9. The molecule has 0 atom stereocenters. The van der Waals surface area contributed by atoms with E-state index in [1.807, 2.05) is 6.92 Å². The van der Waals surface area contributed by atoms with Crippen LogP contribution in [0, 0.1) is 11.8 Å². The molecule has 1 aliphatic carbocycles. The highest BCUT2D eigenvalue weighted by Gasteiger charge is 2.25. The van der Waals surface area contributed by atoms with Crippen LogP contribution in [0.15, 0.2) is 47.2 Å². The summed E-state index contributed by atoms with van der Waals surface area (Å²) in [7, 11) is -1.58. The Morgan fingerprint density at radius 3 is 2.42 bits per heavy atom. The minimum atomic E-state index is -1.58. The maximum atomic E-state index is 12.4. The molecule has 0 fully saturated rings. The van der Waals surface area contributed by atoms with Gasteiger partial charge in [-0.3, -0.25) is 0 Å². The van der Waals surface area contributed by atoms with Crippen LogP contribution >= 0.6 is 0 Å². The van der Waals surface area contributed by atoms with Gasteiger partial charge in [0.15, 0.2) is 0 Å². The predicted molar refractivity (Wildman–Crippen MR) is 158 cm³/mol. The maximum Gasteiger partial charge on any atom is 0.331 e. The van der Waals surface area contributed by atoms with E-state index in [1.54, 1.807) is 6.08 Å². The molecule has 0 amide bonds. The van der Waals surface area contributed by atoms with Crippen molar-refractivity contribution < 1.29 is 9.53 Å². The standard InChI is InChI=1S/C32H49NO2Si/c1-7-10-12-14-15-16-19-28-23-22-27(26-32(34)35-9-3)25-30(29(28)20-17-13-11-8-2)33-24-18-21-31(33)36(4,5)6/h18,21,24-26H,7-15,17,20,22-23H2,1-6H3/b27-26+. The number of esters is 1. The number of nitrogens with zero attached hydrogens (tertiary/aromatic N) is 1.